The average Bonchev–Trinajstić information content (AvgIpc) is 3.46. The Morgan fingerprint density at radius 2 is 2.03 bits per heavy atom. The lowest BCUT2D eigenvalue weighted by Crippen LogP contribution is -2.28. The largest absolute Gasteiger partial charge is 0.343 e. The molecular formula is C26H30N8OS. The van der Waals surface area contributed by atoms with Crippen LogP contribution in [0, 0.1) is 0 Å². The molecule has 2 N–H and O–H groups in total. The fourth-order valence-corrected chi connectivity index (χ4v) is 5.13. The summed E-state index contributed by atoms with van der Waals surface area (Å²) in [5.74, 6) is 0.360. The quantitative estimate of drug-likeness (QED) is 0.371. The van der Waals surface area contributed by atoms with Crippen molar-refractivity contribution in [2.75, 3.05) is 5.32 Å². The fourth-order valence-electron chi connectivity index (χ4n) is 4.32. The van der Waals surface area contributed by atoms with Crippen LogP contribution >= 0.6 is 11.3 Å². The van der Waals surface area contributed by atoms with Gasteiger partial charge in [-0.25, -0.2) is 9.97 Å². The van der Waals surface area contributed by atoms with E-state index < -0.39 is 0 Å². The number of amides is 1. The van der Waals surface area contributed by atoms with E-state index in [1.807, 2.05) is 19.3 Å². The molecule has 4 aromatic rings. The zero-order chi connectivity index (χ0) is 25.3. The van der Waals surface area contributed by atoms with Crippen LogP contribution in [-0.2, 0) is 18.9 Å². The van der Waals surface area contributed by atoms with Gasteiger partial charge in [0.25, 0.3) is 5.91 Å². The normalized spacial score (nSPS) is 15.7. The van der Waals surface area contributed by atoms with Crippen LogP contribution < -0.4 is 10.6 Å². The average molecular weight is 503 g/mol. The Hall–Kier alpha value is -3.66. The number of nitrogens with zero attached hydrogens (tertiary/aromatic N) is 6. The molecule has 0 spiro atoms. The molecule has 9 nitrogen and oxygen atoms in total. The van der Waals surface area contributed by atoms with Crippen molar-refractivity contribution in [1.29, 1.82) is 0 Å². The molecule has 0 saturated carbocycles. The lowest BCUT2D eigenvalue weighted by molar-refractivity contribution is 0.0933. The second-order valence-corrected chi connectivity index (χ2v) is 11.1. The summed E-state index contributed by atoms with van der Waals surface area (Å²) in [7, 11) is 1.87. The lowest BCUT2D eigenvalue weighted by atomic mass is 9.95. The van der Waals surface area contributed by atoms with Gasteiger partial charge in [0.1, 0.15) is 5.01 Å². The van der Waals surface area contributed by atoms with Gasteiger partial charge < -0.3 is 10.6 Å². The summed E-state index contributed by atoms with van der Waals surface area (Å²) >= 11 is 1.37. The van der Waals surface area contributed by atoms with E-state index in [9.17, 15) is 4.79 Å². The predicted molar refractivity (Wildman–Crippen MR) is 140 cm³/mol. The first-order valence-electron chi connectivity index (χ1n) is 12.1. The van der Waals surface area contributed by atoms with Crippen LogP contribution in [-0.4, -0.2) is 35.9 Å². The third-order valence-electron chi connectivity index (χ3n) is 6.19. The number of benzene rings is 1. The molecule has 1 aromatic carbocycles. The first-order valence-corrected chi connectivity index (χ1v) is 12.9. The molecule has 0 fully saturated rings. The van der Waals surface area contributed by atoms with Gasteiger partial charge in [0.05, 0.1) is 23.6 Å². The Balaban J connectivity index is 1.36. The molecule has 1 atom stereocenters. The molecule has 10 heteroatoms. The van der Waals surface area contributed by atoms with E-state index in [0.29, 0.717) is 11.0 Å². The van der Waals surface area contributed by atoms with Crippen LogP contribution in [0.4, 0.5) is 11.6 Å². The van der Waals surface area contributed by atoms with Crippen molar-refractivity contribution in [3.05, 3.63) is 64.0 Å². The second kappa shape index (κ2) is 9.77. The first-order chi connectivity index (χ1) is 17.3. The Labute approximate surface area is 214 Å². The third kappa shape index (κ3) is 5.28. The number of hydrogen-bond acceptors (Lipinski definition) is 8. The van der Waals surface area contributed by atoms with E-state index in [1.54, 1.807) is 17.1 Å². The number of carbonyl (C=O) groups excluding carboxylic acids is 1. The van der Waals surface area contributed by atoms with Crippen molar-refractivity contribution in [2.24, 2.45) is 7.05 Å². The highest BCUT2D eigenvalue weighted by atomic mass is 32.1. The van der Waals surface area contributed by atoms with Crippen LogP contribution in [0.2, 0.25) is 0 Å². The maximum atomic E-state index is 13.0. The molecular weight excluding hydrogens is 472 g/mol. The lowest BCUT2D eigenvalue weighted by Gasteiger charge is -2.19. The van der Waals surface area contributed by atoms with E-state index in [4.69, 9.17) is 4.98 Å². The molecule has 1 unspecified atom stereocenters. The van der Waals surface area contributed by atoms with Crippen LogP contribution in [0.5, 0.6) is 0 Å². The SMILES string of the molecule is Cn1cc(Nc2nccc(-c3ccc4c(c3)CCCCC4NC(=O)c3nnc(C(C)(C)C)s3)n2)cn1. The molecule has 0 saturated heterocycles. The van der Waals surface area contributed by atoms with Gasteiger partial charge in [-0.05, 0) is 42.5 Å². The second-order valence-electron chi connectivity index (χ2n) is 10.1. The minimum absolute atomic E-state index is 0.0563. The molecule has 1 aliphatic carbocycles. The Bertz CT molecular complexity index is 1390. The summed E-state index contributed by atoms with van der Waals surface area (Å²) in [5, 5.41) is 20.2. The molecule has 1 amide bonds. The molecule has 0 bridgehead atoms. The van der Waals surface area contributed by atoms with E-state index in [2.05, 4.69) is 69.9 Å². The van der Waals surface area contributed by atoms with Gasteiger partial charge in [0.15, 0.2) is 0 Å². The molecule has 0 aliphatic heterocycles. The summed E-state index contributed by atoms with van der Waals surface area (Å²) in [4.78, 5) is 22.1. The van der Waals surface area contributed by atoms with Gasteiger partial charge in [-0.15, -0.1) is 10.2 Å². The number of rotatable bonds is 5. The Morgan fingerprint density at radius 1 is 1.17 bits per heavy atom. The Morgan fingerprint density at radius 3 is 2.78 bits per heavy atom. The standard InChI is InChI=1S/C26H30N8OS/c1-26(2,3)24-33-32-23(36-24)22(35)30-21-8-6-5-7-16-13-17(9-10-19(16)21)20-11-12-27-25(31-20)29-18-14-28-34(4)15-18/h9-15,21H,5-8H2,1-4H3,(H,30,35)(H,27,29,31). The fraction of sp³-hybridized carbons (Fsp3) is 0.385. The van der Waals surface area contributed by atoms with Crippen molar-refractivity contribution in [3.8, 4) is 11.3 Å². The summed E-state index contributed by atoms with van der Waals surface area (Å²) in [6.07, 6.45) is 9.35. The van der Waals surface area contributed by atoms with Crippen LogP contribution in [0.3, 0.4) is 0 Å². The van der Waals surface area contributed by atoms with Gasteiger partial charge >= 0.3 is 0 Å². The smallest absolute Gasteiger partial charge is 0.282 e. The summed E-state index contributed by atoms with van der Waals surface area (Å²) in [6.45, 7) is 6.22. The van der Waals surface area contributed by atoms with Gasteiger partial charge in [0.2, 0.25) is 11.0 Å². The molecule has 36 heavy (non-hydrogen) atoms. The van der Waals surface area contributed by atoms with Crippen LogP contribution in [0.25, 0.3) is 11.3 Å². The summed E-state index contributed by atoms with van der Waals surface area (Å²) < 4.78 is 1.72. The molecule has 0 radical (unpaired) electrons. The summed E-state index contributed by atoms with van der Waals surface area (Å²) in [6, 6.07) is 8.24. The Kier molecular flexibility index (Phi) is 6.53. The number of carbonyl (C=O) groups is 1. The minimum Gasteiger partial charge on any atom is -0.343 e. The van der Waals surface area contributed by atoms with Gasteiger partial charge in [-0.3, -0.25) is 9.48 Å². The number of anilines is 2. The minimum atomic E-state index is -0.160. The molecule has 5 rings (SSSR count). The van der Waals surface area contributed by atoms with Gasteiger partial charge in [-0.1, -0.05) is 50.7 Å². The van der Waals surface area contributed by atoms with Crippen molar-refractivity contribution in [2.45, 2.75) is 57.9 Å². The molecule has 186 valence electrons. The van der Waals surface area contributed by atoms with Gasteiger partial charge in [0, 0.05) is 30.4 Å². The highest BCUT2D eigenvalue weighted by Gasteiger charge is 2.25. The topological polar surface area (TPSA) is 111 Å². The first kappa shape index (κ1) is 24.1. The monoisotopic (exact) mass is 502 g/mol. The van der Waals surface area contributed by atoms with Crippen molar-refractivity contribution in [3.63, 3.8) is 0 Å². The summed E-state index contributed by atoms with van der Waals surface area (Å²) in [5.41, 5.74) is 4.97. The zero-order valence-corrected chi connectivity index (χ0v) is 21.8. The number of nitrogens with one attached hydrogen (secondary N) is 2. The number of aromatic nitrogens is 6. The molecule has 3 aromatic heterocycles. The van der Waals surface area contributed by atoms with Crippen molar-refractivity contribution in [1.82, 2.24) is 35.3 Å². The van der Waals surface area contributed by atoms with Crippen LogP contribution in [0.1, 0.15) is 72.0 Å². The molecule has 3 heterocycles. The van der Waals surface area contributed by atoms with Crippen molar-refractivity contribution >= 4 is 28.9 Å². The van der Waals surface area contributed by atoms with E-state index in [0.717, 1.165) is 53.2 Å². The van der Waals surface area contributed by atoms with Gasteiger partial charge in [-0.2, -0.15) is 5.10 Å². The van der Waals surface area contributed by atoms with E-state index >= 15 is 0 Å². The van der Waals surface area contributed by atoms with E-state index in [1.165, 1.54) is 16.9 Å². The highest BCUT2D eigenvalue weighted by molar-refractivity contribution is 7.13. The van der Waals surface area contributed by atoms with E-state index in [-0.39, 0.29) is 17.4 Å². The number of aryl methyl sites for hydroxylation is 2. The number of fused-ring (bicyclic) bond motifs is 1. The third-order valence-corrected chi connectivity index (χ3v) is 7.53. The highest BCUT2D eigenvalue weighted by Crippen LogP contribution is 2.33. The maximum Gasteiger partial charge on any atom is 0.282 e. The number of hydrogen-bond donors (Lipinski definition) is 2. The molecule has 1 aliphatic rings. The van der Waals surface area contributed by atoms with Crippen molar-refractivity contribution < 1.29 is 4.79 Å². The predicted octanol–water partition coefficient (Wildman–Crippen LogP) is 4.97. The maximum absolute atomic E-state index is 13.0. The zero-order valence-electron chi connectivity index (χ0n) is 20.9. The van der Waals surface area contributed by atoms with Crippen LogP contribution in [0.15, 0.2) is 42.9 Å².